The van der Waals surface area contributed by atoms with Crippen LogP contribution >= 0.6 is 0 Å². The number of anilines is 6. The fourth-order valence-corrected chi connectivity index (χ4v) is 11.2. The Morgan fingerprint density at radius 3 is 1.56 bits per heavy atom. The highest BCUT2D eigenvalue weighted by Gasteiger charge is 2.39. The molecule has 0 fully saturated rings. The Bertz CT molecular complexity index is 3070. The van der Waals surface area contributed by atoms with Gasteiger partial charge in [-0.15, -0.1) is 0 Å². The maximum absolute atomic E-state index is 6.99. The van der Waals surface area contributed by atoms with Crippen LogP contribution < -0.4 is 9.80 Å². The van der Waals surface area contributed by atoms with Crippen LogP contribution in [-0.2, 0) is 27.1 Å². The van der Waals surface area contributed by atoms with Crippen molar-refractivity contribution in [1.29, 1.82) is 0 Å². The smallest absolute Gasteiger partial charge is 0.159 e. The van der Waals surface area contributed by atoms with Crippen molar-refractivity contribution in [3.63, 3.8) is 0 Å². The minimum absolute atomic E-state index is 0.00785. The topological polar surface area (TPSA) is 19.6 Å². The molecule has 3 heteroatoms. The zero-order chi connectivity index (χ0) is 46.6. The van der Waals surface area contributed by atoms with E-state index in [1.807, 2.05) is 0 Å². The summed E-state index contributed by atoms with van der Waals surface area (Å²) in [6.07, 6.45) is 4.69. The Balaban J connectivity index is 1.24. The molecule has 1 aromatic heterocycles. The monoisotopic (exact) mass is 869 g/mol. The summed E-state index contributed by atoms with van der Waals surface area (Å²) in [5.41, 5.74) is 19.4. The quantitative estimate of drug-likeness (QED) is 0.159. The maximum Gasteiger partial charge on any atom is 0.159 e. The maximum atomic E-state index is 6.99. The van der Waals surface area contributed by atoms with Gasteiger partial charge in [-0.05, 0) is 165 Å². The van der Waals surface area contributed by atoms with Crippen molar-refractivity contribution in [2.45, 2.75) is 136 Å². The fraction of sp³-hybridized carbons (Fsp3) is 0.333. The van der Waals surface area contributed by atoms with Gasteiger partial charge in [-0.1, -0.05) is 155 Å². The van der Waals surface area contributed by atoms with E-state index in [9.17, 15) is 0 Å². The predicted molar refractivity (Wildman–Crippen MR) is 283 cm³/mol. The summed E-state index contributed by atoms with van der Waals surface area (Å²) in [6.45, 7) is 28.5. The first-order chi connectivity index (χ1) is 31.2. The summed E-state index contributed by atoms with van der Waals surface area (Å²) < 4.78 is 6.99. The number of hydrogen-bond donors (Lipinski definition) is 0. The van der Waals surface area contributed by atoms with Crippen LogP contribution in [0.2, 0.25) is 0 Å². The second kappa shape index (κ2) is 15.5. The first kappa shape index (κ1) is 43.8. The number of aryl methyl sites for hydroxylation is 1. The van der Waals surface area contributed by atoms with Gasteiger partial charge in [0.25, 0.3) is 0 Å². The van der Waals surface area contributed by atoms with Crippen LogP contribution in [-0.4, -0.2) is 0 Å². The van der Waals surface area contributed by atoms with Crippen molar-refractivity contribution in [3.05, 3.63) is 179 Å². The molecule has 3 nitrogen and oxygen atoms in total. The van der Waals surface area contributed by atoms with Gasteiger partial charge in [0.2, 0.25) is 0 Å². The number of benzene rings is 7. The largest absolute Gasteiger partial charge is 0.454 e. The van der Waals surface area contributed by atoms with Gasteiger partial charge in [0.15, 0.2) is 5.58 Å². The van der Waals surface area contributed by atoms with Crippen LogP contribution in [0.1, 0.15) is 135 Å². The molecule has 0 unspecified atom stereocenters. The van der Waals surface area contributed by atoms with Crippen LogP contribution in [0.5, 0.6) is 0 Å². The third kappa shape index (κ3) is 7.53. The molecule has 0 radical (unpaired) electrons. The molecule has 1 heterocycles. The molecular formula is C63H68N2O. The molecule has 0 N–H and O–H groups in total. The highest BCUT2D eigenvalue weighted by atomic mass is 16.3. The van der Waals surface area contributed by atoms with Crippen LogP contribution in [0.25, 0.3) is 33.1 Å². The molecule has 2 aliphatic rings. The fourth-order valence-electron chi connectivity index (χ4n) is 11.2. The van der Waals surface area contributed by atoms with Gasteiger partial charge >= 0.3 is 0 Å². The van der Waals surface area contributed by atoms with E-state index < -0.39 is 0 Å². The van der Waals surface area contributed by atoms with Gasteiger partial charge in [-0.3, -0.25) is 0 Å². The molecule has 0 bridgehead atoms. The molecule has 0 amide bonds. The third-order valence-corrected chi connectivity index (χ3v) is 15.6. The van der Waals surface area contributed by atoms with Crippen LogP contribution in [0.3, 0.4) is 0 Å². The SMILES string of the molecule is Cc1cc(N(c2ccc3c(c2)C(C)(C)CCC3(C)C)c2ccc3c(c2)C(C)(C)CCC3(C)C)cc(N(c2ccccc2-c2ccccc2)c2cccc3c2oc2ccc(C(C)(C)C)cc23)c1. The van der Waals surface area contributed by atoms with E-state index in [-0.39, 0.29) is 27.1 Å². The van der Waals surface area contributed by atoms with Crippen molar-refractivity contribution in [2.24, 2.45) is 0 Å². The summed E-state index contributed by atoms with van der Waals surface area (Å²) in [5, 5.41) is 2.26. The summed E-state index contributed by atoms with van der Waals surface area (Å²) >= 11 is 0. The van der Waals surface area contributed by atoms with Crippen LogP contribution in [0.15, 0.2) is 150 Å². The van der Waals surface area contributed by atoms with Gasteiger partial charge in [0, 0.05) is 39.1 Å². The van der Waals surface area contributed by atoms with E-state index in [0.29, 0.717) is 0 Å². The summed E-state index contributed by atoms with van der Waals surface area (Å²) in [6, 6.07) is 54.8. The first-order valence-electron chi connectivity index (χ1n) is 24.3. The Labute approximate surface area is 394 Å². The van der Waals surface area contributed by atoms with Gasteiger partial charge in [-0.25, -0.2) is 0 Å². The molecule has 0 saturated heterocycles. The number of nitrogens with zero attached hydrogens (tertiary/aromatic N) is 2. The average molecular weight is 869 g/mol. The van der Waals surface area contributed by atoms with E-state index in [1.54, 1.807) is 0 Å². The normalized spacial score (nSPS) is 17.0. The molecule has 0 spiro atoms. The number of para-hydroxylation sites is 2. The van der Waals surface area contributed by atoms with Crippen molar-refractivity contribution >= 4 is 56.1 Å². The number of fused-ring (bicyclic) bond motifs is 5. The second-order valence-corrected chi connectivity index (χ2v) is 23.3. The Hall–Kier alpha value is -6.06. The van der Waals surface area contributed by atoms with Gasteiger partial charge < -0.3 is 14.2 Å². The Kier molecular flexibility index (Phi) is 10.3. The lowest BCUT2D eigenvalue weighted by Crippen LogP contribution is -2.34. The highest BCUT2D eigenvalue weighted by Crippen LogP contribution is 2.52. The molecule has 336 valence electrons. The van der Waals surface area contributed by atoms with E-state index >= 15 is 0 Å². The van der Waals surface area contributed by atoms with E-state index in [0.717, 1.165) is 63.1 Å². The number of rotatable bonds is 7. The third-order valence-electron chi connectivity index (χ3n) is 15.6. The summed E-state index contributed by atoms with van der Waals surface area (Å²) in [5.74, 6) is 0. The minimum atomic E-state index is 0.00785. The van der Waals surface area contributed by atoms with E-state index in [2.05, 4.69) is 238 Å². The Morgan fingerprint density at radius 2 is 0.970 bits per heavy atom. The molecule has 0 saturated carbocycles. The van der Waals surface area contributed by atoms with Gasteiger partial charge in [0.05, 0.1) is 11.4 Å². The van der Waals surface area contributed by atoms with Crippen molar-refractivity contribution < 1.29 is 4.42 Å². The average Bonchev–Trinajstić information content (AvgIpc) is 3.66. The zero-order valence-corrected chi connectivity index (χ0v) is 41.5. The van der Waals surface area contributed by atoms with Crippen LogP contribution in [0, 0.1) is 6.92 Å². The molecule has 8 aromatic rings. The summed E-state index contributed by atoms with van der Waals surface area (Å²) in [4.78, 5) is 4.99. The molecule has 2 aliphatic carbocycles. The lowest BCUT2D eigenvalue weighted by molar-refractivity contribution is 0.332. The standard InChI is InChI=1S/C63H68N2O/c1-41-35-46(64(44-26-28-51-53(39-44)62(9,10)33-31-60(51,5)6)45-27-29-52-54(40-45)63(11,12)34-32-61(52,7)8)38-47(36-41)65(55-23-17-16-21-48(55)42-19-14-13-15-20-42)56-24-18-22-49-50-37-43(59(2,3)4)25-30-57(50)66-58(49)56/h13-30,35-40H,31-34H2,1-12H3. The molecule has 7 aromatic carbocycles. The van der Waals surface area contributed by atoms with Crippen molar-refractivity contribution in [1.82, 2.24) is 0 Å². The lowest BCUT2D eigenvalue weighted by Gasteiger charge is -2.43. The van der Waals surface area contributed by atoms with Gasteiger partial charge in [-0.2, -0.15) is 0 Å². The molecule has 66 heavy (non-hydrogen) atoms. The van der Waals surface area contributed by atoms with Crippen molar-refractivity contribution in [2.75, 3.05) is 9.80 Å². The number of furan rings is 1. The number of hydrogen-bond acceptors (Lipinski definition) is 3. The second-order valence-electron chi connectivity index (χ2n) is 23.3. The summed E-state index contributed by atoms with van der Waals surface area (Å²) in [7, 11) is 0. The van der Waals surface area contributed by atoms with Gasteiger partial charge in [0.1, 0.15) is 5.58 Å². The lowest BCUT2D eigenvalue weighted by atomic mass is 9.63. The molecule has 10 rings (SSSR count). The van der Waals surface area contributed by atoms with Crippen molar-refractivity contribution in [3.8, 4) is 11.1 Å². The minimum Gasteiger partial charge on any atom is -0.454 e. The highest BCUT2D eigenvalue weighted by molar-refractivity contribution is 6.11. The first-order valence-corrected chi connectivity index (χ1v) is 24.3. The Morgan fingerprint density at radius 1 is 0.439 bits per heavy atom. The van der Waals surface area contributed by atoms with Crippen LogP contribution in [0.4, 0.5) is 34.1 Å². The zero-order valence-electron chi connectivity index (χ0n) is 41.5. The predicted octanol–water partition coefficient (Wildman–Crippen LogP) is 18.5. The molecule has 0 atom stereocenters. The molecule has 0 aliphatic heterocycles. The van der Waals surface area contributed by atoms with E-state index in [1.165, 1.54) is 63.2 Å². The molecular weight excluding hydrogens is 801 g/mol. The van der Waals surface area contributed by atoms with E-state index in [4.69, 9.17) is 4.42 Å².